The number of aliphatic hydroxyl groups excluding tert-OH is 15. The Morgan fingerprint density at radius 2 is 1.19 bits per heavy atom. The van der Waals surface area contributed by atoms with Gasteiger partial charge in [0.25, 0.3) is 0 Å². The molecule has 0 bridgehead atoms. The van der Waals surface area contributed by atoms with Crippen LogP contribution in [0.2, 0.25) is 0 Å². The van der Waals surface area contributed by atoms with E-state index in [1.54, 1.807) is 13.8 Å². The minimum atomic E-state index is -1.97. The van der Waals surface area contributed by atoms with Gasteiger partial charge in [0, 0.05) is 17.3 Å². The van der Waals surface area contributed by atoms with Gasteiger partial charge >= 0.3 is 0 Å². The quantitative estimate of drug-likeness (QED) is 0.0605. The van der Waals surface area contributed by atoms with Gasteiger partial charge in [-0.05, 0) is 99.7 Å². The van der Waals surface area contributed by atoms with Crippen molar-refractivity contribution in [3.8, 4) is 0 Å². The van der Waals surface area contributed by atoms with E-state index >= 15 is 0 Å². The Morgan fingerprint density at radius 1 is 0.607 bits per heavy atom. The first kappa shape index (κ1) is 67.1. The number of fused-ring (bicyclic) bond motifs is 5. The van der Waals surface area contributed by atoms with E-state index < -0.39 is 190 Å². The number of ether oxygens (including phenoxy) is 10. The van der Waals surface area contributed by atoms with Crippen LogP contribution in [0.1, 0.15) is 113 Å². The predicted molar refractivity (Wildman–Crippen MR) is 287 cm³/mol. The van der Waals surface area contributed by atoms with E-state index in [1.807, 2.05) is 0 Å². The van der Waals surface area contributed by atoms with E-state index in [9.17, 15) is 81.7 Å². The van der Waals surface area contributed by atoms with Crippen molar-refractivity contribution in [3.63, 3.8) is 0 Å². The molecule has 5 aliphatic heterocycles. The van der Waals surface area contributed by atoms with Crippen LogP contribution in [0.5, 0.6) is 0 Å². The standard InChI is InChI=1S/C58H98O26/c1-24(9-13-37(55(4,5)74)82-53-48(38(65)30(63)22-76-53)84-52-46(73)47(41(68)32(20-60)79-52)83-51-45(72)42(69)39(66)31(19-59)78-51)26-15-16-56(6)34-12-10-27-28(58(34,8)35(64)18-57(26,56)7)11-14-36(54(27,2)3)81-50-44(71)43(70)40(67)33(80-50)23-77-49-29(62)17-25(61)21-75-49/h10,24-26,28-53,59-74H,9,11-23H2,1-8H3/t24-,25+,26?,28?,29-,30-,31+,32+,33-,34?,35-,36+,37-,38+,39+,40-,41+,42-,43+,44-,45+,46+,47-,48-,49+,50+,51-,52-,53+,56+,57-,58+/m1/s1. The molecule has 5 saturated heterocycles. The van der Waals surface area contributed by atoms with E-state index in [2.05, 4.69) is 47.6 Å². The minimum Gasteiger partial charge on any atom is -0.394 e. The monoisotopic (exact) mass is 1210 g/mol. The van der Waals surface area contributed by atoms with Gasteiger partial charge in [-0.3, -0.25) is 0 Å². The van der Waals surface area contributed by atoms with Crippen molar-refractivity contribution < 1.29 is 129 Å². The van der Waals surface area contributed by atoms with Gasteiger partial charge in [-0.15, -0.1) is 0 Å². The van der Waals surface area contributed by atoms with Crippen LogP contribution in [0.3, 0.4) is 0 Å². The number of hydrogen-bond donors (Lipinski definition) is 16. The van der Waals surface area contributed by atoms with Crippen LogP contribution < -0.4 is 0 Å². The highest BCUT2D eigenvalue weighted by Crippen LogP contribution is 2.75. The van der Waals surface area contributed by atoms with Gasteiger partial charge in [-0.2, -0.15) is 0 Å². The van der Waals surface area contributed by atoms with Gasteiger partial charge < -0.3 is 129 Å². The lowest BCUT2D eigenvalue weighted by molar-refractivity contribution is -0.384. The van der Waals surface area contributed by atoms with Crippen molar-refractivity contribution in [2.24, 2.45) is 45.3 Å². The third-order valence-electron chi connectivity index (χ3n) is 21.9. The second kappa shape index (κ2) is 25.8. The molecule has 486 valence electrons. The molecule has 9 aliphatic rings. The van der Waals surface area contributed by atoms with Crippen molar-refractivity contribution >= 4 is 0 Å². The average Bonchev–Trinajstić information content (AvgIpc) is 1.27. The molecule has 26 nitrogen and oxygen atoms in total. The normalized spacial score (nSPS) is 51.5. The molecule has 4 aliphatic carbocycles. The fraction of sp³-hybridized carbons (Fsp3) is 0.966. The second-order valence-electron chi connectivity index (χ2n) is 27.7. The van der Waals surface area contributed by atoms with Crippen LogP contribution in [0.15, 0.2) is 11.6 Å². The summed E-state index contributed by atoms with van der Waals surface area (Å²) in [5.41, 5.74) is -2.01. The van der Waals surface area contributed by atoms with Gasteiger partial charge in [0.05, 0.1) is 63.1 Å². The van der Waals surface area contributed by atoms with Crippen LogP contribution in [0.4, 0.5) is 0 Å². The predicted octanol–water partition coefficient (Wildman–Crippen LogP) is -3.10. The summed E-state index contributed by atoms with van der Waals surface area (Å²) in [6.45, 7) is 14.0. The molecule has 0 amide bonds. The highest BCUT2D eigenvalue weighted by molar-refractivity contribution is 5.32. The van der Waals surface area contributed by atoms with Crippen molar-refractivity contribution in [1.29, 1.82) is 0 Å². The zero-order valence-electron chi connectivity index (χ0n) is 49.5. The molecule has 5 heterocycles. The summed E-state index contributed by atoms with van der Waals surface area (Å²) in [6, 6.07) is 0. The van der Waals surface area contributed by atoms with E-state index in [0.717, 1.165) is 18.4 Å². The lowest BCUT2D eigenvalue weighted by Gasteiger charge is -2.67. The summed E-state index contributed by atoms with van der Waals surface area (Å²) in [7, 11) is 0. The third-order valence-corrected chi connectivity index (χ3v) is 21.9. The number of rotatable bonds is 18. The molecule has 84 heavy (non-hydrogen) atoms. The molecule has 9 rings (SSSR count). The average molecular weight is 1210 g/mol. The second-order valence-corrected chi connectivity index (χ2v) is 27.7. The van der Waals surface area contributed by atoms with Crippen molar-refractivity contribution in [1.82, 2.24) is 0 Å². The summed E-state index contributed by atoms with van der Waals surface area (Å²) in [5, 5.41) is 174. The largest absolute Gasteiger partial charge is 0.394 e. The summed E-state index contributed by atoms with van der Waals surface area (Å²) >= 11 is 0. The van der Waals surface area contributed by atoms with Gasteiger partial charge in [-0.1, -0.05) is 53.2 Å². The minimum absolute atomic E-state index is 0.00814. The molecule has 32 atom stereocenters. The lowest BCUT2D eigenvalue weighted by Crippen LogP contribution is -2.66. The van der Waals surface area contributed by atoms with Gasteiger partial charge in [0.2, 0.25) is 0 Å². The SMILES string of the molecule is C[C@H](CC[C@@H](O[C@@H]1OC[C@@H](O)[C@H](O)[C@H]1O[C@H]1O[C@@H](CO)[C@H](O)[C@@H](O[C@H]2O[C@@H](CO)[C@H](O)[C@@H](O)[C@@H]2O)[C@@H]1O)C(C)(C)O)C1CC[C@@]2(C)C3CC=C4C(CC[C@H](O[C@@H]5O[C@H](CO[C@@H]6OC[C@@H](O)C[C@H]6O)[C@@H](O)[C@H](O)[C@H]5O)C4(C)C)[C@]3(C)[C@H](O)C[C@]12C. The molecule has 0 aromatic carbocycles. The van der Waals surface area contributed by atoms with Crippen molar-refractivity contribution in [2.45, 2.75) is 272 Å². The maximum Gasteiger partial charge on any atom is 0.187 e. The Kier molecular flexibility index (Phi) is 20.6. The van der Waals surface area contributed by atoms with E-state index in [1.165, 1.54) is 0 Å². The highest BCUT2D eigenvalue weighted by atomic mass is 16.8. The number of allylic oxidation sites excluding steroid dienone is 1. The van der Waals surface area contributed by atoms with E-state index in [0.29, 0.717) is 32.1 Å². The Morgan fingerprint density at radius 3 is 1.82 bits per heavy atom. The first-order chi connectivity index (χ1) is 39.3. The van der Waals surface area contributed by atoms with Crippen LogP contribution in [0.25, 0.3) is 0 Å². The molecule has 3 saturated carbocycles. The molecule has 8 fully saturated rings. The van der Waals surface area contributed by atoms with Gasteiger partial charge in [-0.25, -0.2) is 0 Å². The van der Waals surface area contributed by atoms with Crippen LogP contribution in [-0.2, 0) is 47.4 Å². The maximum absolute atomic E-state index is 12.8. The Hall–Kier alpha value is -1.30. The van der Waals surface area contributed by atoms with Crippen LogP contribution in [-0.4, -0.2) is 274 Å². The molecule has 0 aromatic heterocycles. The molecular formula is C58H98O26. The topological polar surface area (TPSA) is 416 Å². The van der Waals surface area contributed by atoms with Crippen LogP contribution in [0, 0.1) is 45.3 Å². The highest BCUT2D eigenvalue weighted by Gasteiger charge is 2.70. The summed E-state index contributed by atoms with van der Waals surface area (Å²) in [5.74, 6) is 0.282. The first-order valence-corrected chi connectivity index (χ1v) is 30.3. The smallest absolute Gasteiger partial charge is 0.187 e. The number of hydrogen-bond acceptors (Lipinski definition) is 26. The molecule has 0 spiro atoms. The fourth-order valence-corrected chi connectivity index (χ4v) is 16.5. The van der Waals surface area contributed by atoms with E-state index in [-0.39, 0.29) is 60.6 Å². The number of aliphatic hydroxyl groups is 16. The molecule has 16 N–H and O–H groups in total. The Labute approximate surface area is 490 Å². The first-order valence-electron chi connectivity index (χ1n) is 30.3. The van der Waals surface area contributed by atoms with Crippen molar-refractivity contribution in [3.05, 3.63) is 11.6 Å². The Balaban J connectivity index is 0.854. The molecule has 0 aromatic rings. The lowest BCUT2D eigenvalue weighted by atomic mass is 9.38. The van der Waals surface area contributed by atoms with Crippen molar-refractivity contribution in [2.75, 3.05) is 33.0 Å². The van der Waals surface area contributed by atoms with Gasteiger partial charge in [0.1, 0.15) is 97.7 Å². The van der Waals surface area contributed by atoms with Crippen LogP contribution >= 0.6 is 0 Å². The Bertz CT molecular complexity index is 2200. The zero-order valence-corrected chi connectivity index (χ0v) is 49.5. The zero-order chi connectivity index (χ0) is 61.5. The molecule has 3 unspecified atom stereocenters. The molecule has 26 heteroatoms. The molecular weight excluding hydrogens is 1110 g/mol. The maximum atomic E-state index is 12.8. The third kappa shape index (κ3) is 12.2. The van der Waals surface area contributed by atoms with Gasteiger partial charge in [0.15, 0.2) is 31.5 Å². The summed E-state index contributed by atoms with van der Waals surface area (Å²) < 4.78 is 59.3. The fourth-order valence-electron chi connectivity index (χ4n) is 16.5. The summed E-state index contributed by atoms with van der Waals surface area (Å²) in [6.07, 6.45) is -28.9. The summed E-state index contributed by atoms with van der Waals surface area (Å²) in [4.78, 5) is 0. The van der Waals surface area contributed by atoms with E-state index in [4.69, 9.17) is 47.4 Å². The molecule has 0 radical (unpaired) electrons.